The number of hydrogen-bond acceptors (Lipinski definition) is 7. The van der Waals surface area contributed by atoms with Crippen LogP contribution in [0, 0.1) is 0 Å². The van der Waals surface area contributed by atoms with Gasteiger partial charge in [-0.2, -0.15) is 0 Å². The molecule has 29 heavy (non-hydrogen) atoms. The molecule has 0 aliphatic rings. The van der Waals surface area contributed by atoms with Crippen molar-refractivity contribution in [1.29, 1.82) is 0 Å². The zero-order chi connectivity index (χ0) is 21.8. The Kier molecular flexibility index (Phi) is 12.2. The Balaban J connectivity index is 3.34. The third-order valence-electron chi connectivity index (χ3n) is 4.11. The smallest absolute Gasteiger partial charge is 0.497 e. The second kappa shape index (κ2) is 13.5. The highest BCUT2D eigenvalue weighted by Crippen LogP contribution is 2.23. The maximum atomic E-state index is 6.04. The zero-order valence-electron chi connectivity index (χ0n) is 19.0. The summed E-state index contributed by atoms with van der Waals surface area (Å²) in [5, 5.41) is 0.825. The van der Waals surface area contributed by atoms with Crippen LogP contribution in [0.1, 0.15) is 47.1 Å². The van der Waals surface area contributed by atoms with E-state index in [2.05, 4.69) is 0 Å². The predicted molar refractivity (Wildman–Crippen MR) is 118 cm³/mol. The first kappa shape index (κ1) is 26.2. The van der Waals surface area contributed by atoms with Gasteiger partial charge in [-0.25, -0.2) is 0 Å². The normalized spacial score (nSPS) is 12.4. The molecule has 0 saturated carbocycles. The fourth-order valence-electron chi connectivity index (χ4n) is 3.21. The van der Waals surface area contributed by atoms with E-state index in [1.165, 1.54) is 0 Å². The molecule has 0 unspecified atom stereocenters. The summed E-state index contributed by atoms with van der Waals surface area (Å²) in [6.07, 6.45) is 0. The molecule has 1 aromatic carbocycles. The van der Waals surface area contributed by atoms with Crippen LogP contribution in [0.2, 0.25) is 0 Å². The molecule has 0 aromatic heterocycles. The van der Waals surface area contributed by atoms with Crippen LogP contribution in [0.15, 0.2) is 18.2 Å². The lowest BCUT2D eigenvalue weighted by Gasteiger charge is -2.31. The largest absolute Gasteiger partial charge is 0.541 e. The molecule has 0 spiro atoms. The van der Waals surface area contributed by atoms with Crippen molar-refractivity contribution in [1.82, 2.24) is 0 Å². The lowest BCUT2D eigenvalue weighted by atomic mass is 10.2. The molecule has 0 aliphatic heterocycles. The van der Waals surface area contributed by atoms with E-state index in [1.807, 2.05) is 59.7 Å². The zero-order valence-corrected chi connectivity index (χ0v) is 21.0. The summed E-state index contributed by atoms with van der Waals surface area (Å²) in [5.41, 5.74) is 1.01. The molecule has 0 N–H and O–H groups in total. The second-order valence-electron chi connectivity index (χ2n) is 6.05. The van der Waals surface area contributed by atoms with Crippen LogP contribution in [0.4, 0.5) is 0 Å². The van der Waals surface area contributed by atoms with E-state index >= 15 is 0 Å². The van der Waals surface area contributed by atoms with Gasteiger partial charge in [0.05, 0.1) is 12.3 Å². The number of rotatable bonds is 16. The van der Waals surface area contributed by atoms with Crippen molar-refractivity contribution >= 4 is 22.8 Å². The van der Waals surface area contributed by atoms with E-state index in [-0.39, 0.29) is 0 Å². The van der Waals surface area contributed by atoms with Gasteiger partial charge in [-0.1, -0.05) is 12.1 Å². The standard InChI is InChI=1S/C20H38O7Si2/c1-8-22-28(23-9-2,24-10-3)17-18-14-15-20(19(16-18)21-7)29(25-11-4,26-12-5)27-13-6/h14-16H,8-13,17H2,1-7H3. The molecule has 1 rings (SSSR count). The summed E-state index contributed by atoms with van der Waals surface area (Å²) in [6.45, 7) is 14.8. The number of methoxy groups -OCH3 is 1. The highest BCUT2D eigenvalue weighted by atomic mass is 28.4. The van der Waals surface area contributed by atoms with Gasteiger partial charge < -0.3 is 31.3 Å². The van der Waals surface area contributed by atoms with Crippen LogP contribution in [-0.2, 0) is 32.6 Å². The average Bonchev–Trinajstić information content (AvgIpc) is 2.69. The molecule has 0 aliphatic carbocycles. The van der Waals surface area contributed by atoms with Crippen molar-refractivity contribution in [2.75, 3.05) is 46.8 Å². The topological polar surface area (TPSA) is 64.6 Å². The van der Waals surface area contributed by atoms with E-state index in [0.717, 1.165) is 10.8 Å². The van der Waals surface area contributed by atoms with Gasteiger partial charge in [0.25, 0.3) is 0 Å². The molecule has 0 heterocycles. The van der Waals surface area contributed by atoms with Crippen molar-refractivity contribution in [3.63, 3.8) is 0 Å². The van der Waals surface area contributed by atoms with Crippen LogP contribution in [0.25, 0.3) is 0 Å². The van der Waals surface area contributed by atoms with Crippen molar-refractivity contribution in [2.45, 2.75) is 47.6 Å². The van der Waals surface area contributed by atoms with Crippen molar-refractivity contribution in [3.8, 4) is 5.75 Å². The first-order valence-corrected chi connectivity index (χ1v) is 14.2. The minimum absolute atomic E-state index is 0.492. The molecule has 7 nitrogen and oxygen atoms in total. The Hall–Kier alpha value is -0.786. The molecule has 0 radical (unpaired) electrons. The molecule has 0 bridgehead atoms. The molecule has 168 valence electrons. The molecular formula is C20H38O7Si2. The van der Waals surface area contributed by atoms with Crippen molar-refractivity contribution < 1.29 is 31.3 Å². The number of benzene rings is 1. The number of hydrogen-bond donors (Lipinski definition) is 0. The highest BCUT2D eigenvalue weighted by Gasteiger charge is 2.46. The van der Waals surface area contributed by atoms with Gasteiger partial charge in [0.1, 0.15) is 5.75 Å². The average molecular weight is 447 g/mol. The van der Waals surface area contributed by atoms with Crippen molar-refractivity contribution in [3.05, 3.63) is 23.8 Å². The molecular weight excluding hydrogens is 408 g/mol. The van der Waals surface area contributed by atoms with Crippen molar-refractivity contribution in [2.24, 2.45) is 0 Å². The SMILES string of the molecule is CCO[Si](Cc1ccc([Si](OCC)(OCC)OCC)c(OC)c1)(OCC)OCC. The summed E-state index contributed by atoms with van der Waals surface area (Å²) in [4.78, 5) is 0. The van der Waals surface area contributed by atoms with Crippen LogP contribution in [0.5, 0.6) is 5.75 Å². The third-order valence-corrected chi connectivity index (χ3v) is 10.2. The summed E-state index contributed by atoms with van der Waals surface area (Å²) in [5.74, 6) is 0.678. The summed E-state index contributed by atoms with van der Waals surface area (Å²) in [7, 11) is -4.25. The van der Waals surface area contributed by atoms with E-state index in [4.69, 9.17) is 31.3 Å². The first-order valence-electron chi connectivity index (χ1n) is 10.5. The summed E-state index contributed by atoms with van der Waals surface area (Å²) < 4.78 is 41.8. The molecule has 1 aromatic rings. The Bertz CT molecular complexity index is 552. The Morgan fingerprint density at radius 2 is 1.10 bits per heavy atom. The van der Waals surface area contributed by atoms with Crippen LogP contribution in [0.3, 0.4) is 0 Å². The minimum Gasteiger partial charge on any atom is -0.497 e. The Morgan fingerprint density at radius 3 is 1.48 bits per heavy atom. The second-order valence-corrected chi connectivity index (χ2v) is 11.2. The molecule has 0 atom stereocenters. The van der Waals surface area contributed by atoms with E-state index in [0.29, 0.717) is 51.4 Å². The highest BCUT2D eigenvalue weighted by molar-refractivity contribution is 6.76. The van der Waals surface area contributed by atoms with Crippen LogP contribution < -0.4 is 9.92 Å². The fourth-order valence-corrected chi connectivity index (χ4v) is 8.43. The van der Waals surface area contributed by atoms with Crippen LogP contribution >= 0.6 is 0 Å². The Labute approximate surface area is 178 Å². The predicted octanol–water partition coefficient (Wildman–Crippen LogP) is 3.08. The van der Waals surface area contributed by atoms with Gasteiger partial charge in [-0.3, -0.25) is 0 Å². The quantitative estimate of drug-likeness (QED) is 0.362. The fraction of sp³-hybridized carbons (Fsp3) is 0.700. The third kappa shape index (κ3) is 7.14. The van der Waals surface area contributed by atoms with Gasteiger partial charge >= 0.3 is 17.6 Å². The minimum atomic E-state index is -3.07. The van der Waals surface area contributed by atoms with E-state index in [1.54, 1.807) is 7.11 Å². The maximum Gasteiger partial charge on any atom is 0.541 e. The lowest BCUT2D eigenvalue weighted by Crippen LogP contribution is -2.57. The summed E-state index contributed by atoms with van der Waals surface area (Å²) in [6, 6.07) is 6.54. The molecule has 9 heteroatoms. The molecule has 0 amide bonds. The van der Waals surface area contributed by atoms with Gasteiger partial charge in [-0.15, -0.1) is 0 Å². The first-order chi connectivity index (χ1) is 14.0. The summed E-state index contributed by atoms with van der Waals surface area (Å²) >= 11 is 0. The van der Waals surface area contributed by atoms with Gasteiger partial charge in [0.15, 0.2) is 0 Å². The van der Waals surface area contributed by atoms with Gasteiger partial charge in [0.2, 0.25) is 0 Å². The molecule has 0 fully saturated rings. The lowest BCUT2D eigenvalue weighted by molar-refractivity contribution is 0.0704. The van der Waals surface area contributed by atoms with Gasteiger partial charge in [-0.05, 0) is 53.2 Å². The monoisotopic (exact) mass is 446 g/mol. The van der Waals surface area contributed by atoms with Crippen LogP contribution in [-0.4, -0.2) is 64.4 Å². The van der Waals surface area contributed by atoms with Gasteiger partial charge in [0, 0.05) is 45.7 Å². The van der Waals surface area contributed by atoms with E-state index in [9.17, 15) is 0 Å². The Morgan fingerprint density at radius 1 is 0.655 bits per heavy atom. The number of ether oxygens (including phenoxy) is 1. The maximum absolute atomic E-state index is 6.04. The van der Waals surface area contributed by atoms with E-state index < -0.39 is 17.6 Å². The molecule has 0 saturated heterocycles.